The van der Waals surface area contributed by atoms with Crippen LogP contribution in [-0.4, -0.2) is 36.0 Å². The molecule has 1 aliphatic carbocycles. The number of rotatable bonds is 6. The van der Waals surface area contributed by atoms with E-state index in [0.29, 0.717) is 12.6 Å². The normalized spacial score (nSPS) is 30.2. The van der Waals surface area contributed by atoms with Crippen LogP contribution in [0.2, 0.25) is 0 Å². The Morgan fingerprint density at radius 1 is 1.50 bits per heavy atom. The van der Waals surface area contributed by atoms with Crippen molar-refractivity contribution in [2.75, 3.05) is 18.8 Å². The first kappa shape index (κ1) is 13.8. The van der Waals surface area contributed by atoms with Gasteiger partial charge < -0.3 is 16.2 Å². The maximum absolute atomic E-state index is 10.8. The van der Waals surface area contributed by atoms with Crippen molar-refractivity contribution in [1.82, 2.24) is 5.32 Å². The van der Waals surface area contributed by atoms with Gasteiger partial charge in [-0.2, -0.15) is 12.6 Å². The van der Waals surface area contributed by atoms with Crippen LogP contribution in [0.1, 0.15) is 32.1 Å². The fourth-order valence-electron chi connectivity index (χ4n) is 2.48. The van der Waals surface area contributed by atoms with Crippen LogP contribution in [0.25, 0.3) is 0 Å². The van der Waals surface area contributed by atoms with Crippen LogP contribution >= 0.6 is 12.6 Å². The number of thiol groups is 1. The Morgan fingerprint density at radius 2 is 2.12 bits per heavy atom. The Morgan fingerprint density at radius 3 is 2.56 bits per heavy atom. The molecule has 1 saturated carbocycles. The Kier molecular flexibility index (Phi) is 5.58. The SMILES string of the molecule is NCC1(CC(=O)O)CCC(NCCS)CC1. The van der Waals surface area contributed by atoms with Crippen LogP contribution in [0.15, 0.2) is 0 Å². The number of nitrogens with one attached hydrogen (secondary N) is 1. The third-order valence-electron chi connectivity index (χ3n) is 3.55. The van der Waals surface area contributed by atoms with E-state index in [2.05, 4.69) is 17.9 Å². The van der Waals surface area contributed by atoms with Crippen molar-refractivity contribution in [1.29, 1.82) is 0 Å². The van der Waals surface area contributed by atoms with Crippen LogP contribution in [0, 0.1) is 5.41 Å². The van der Waals surface area contributed by atoms with Gasteiger partial charge in [0.05, 0.1) is 6.42 Å². The smallest absolute Gasteiger partial charge is 0.303 e. The van der Waals surface area contributed by atoms with Crippen LogP contribution in [0.4, 0.5) is 0 Å². The molecule has 0 bridgehead atoms. The predicted molar refractivity (Wildman–Crippen MR) is 67.9 cm³/mol. The Labute approximate surface area is 102 Å². The van der Waals surface area contributed by atoms with Gasteiger partial charge in [0.25, 0.3) is 0 Å². The summed E-state index contributed by atoms with van der Waals surface area (Å²) in [4.78, 5) is 10.8. The molecule has 0 aromatic carbocycles. The molecule has 1 aliphatic rings. The van der Waals surface area contributed by atoms with E-state index in [1.54, 1.807) is 0 Å². The number of aliphatic carboxylic acids is 1. The molecule has 5 heteroatoms. The highest BCUT2D eigenvalue weighted by Gasteiger charge is 2.35. The van der Waals surface area contributed by atoms with Crippen molar-refractivity contribution in [2.45, 2.75) is 38.1 Å². The predicted octanol–water partition coefficient (Wildman–Crippen LogP) is 0.868. The van der Waals surface area contributed by atoms with Gasteiger partial charge in [-0.1, -0.05) is 0 Å². The zero-order valence-electron chi connectivity index (χ0n) is 9.61. The fraction of sp³-hybridized carbons (Fsp3) is 0.909. The fourth-order valence-corrected chi connectivity index (χ4v) is 2.61. The summed E-state index contributed by atoms with van der Waals surface area (Å²) in [7, 11) is 0. The molecule has 0 spiro atoms. The average Bonchev–Trinajstić information content (AvgIpc) is 2.27. The number of carboxylic acids is 1. The highest BCUT2D eigenvalue weighted by Crippen LogP contribution is 2.38. The summed E-state index contributed by atoms with van der Waals surface area (Å²) in [6.45, 7) is 1.40. The van der Waals surface area contributed by atoms with Crippen molar-refractivity contribution in [3.63, 3.8) is 0 Å². The second-order valence-electron chi connectivity index (χ2n) is 4.73. The minimum Gasteiger partial charge on any atom is -0.481 e. The molecule has 1 rings (SSSR count). The van der Waals surface area contributed by atoms with Gasteiger partial charge in [0.2, 0.25) is 0 Å². The number of carboxylic acid groups (broad SMARTS) is 1. The standard InChI is InChI=1S/C11H22N2O2S/c12-8-11(7-10(14)15)3-1-9(2-4-11)13-5-6-16/h9,13,16H,1-8,12H2,(H,14,15). The van der Waals surface area contributed by atoms with E-state index in [1.165, 1.54) is 0 Å². The van der Waals surface area contributed by atoms with Gasteiger partial charge in [-0.15, -0.1) is 0 Å². The molecule has 0 aromatic rings. The molecule has 4 nitrogen and oxygen atoms in total. The van der Waals surface area contributed by atoms with Gasteiger partial charge in [0, 0.05) is 18.3 Å². The molecular weight excluding hydrogens is 224 g/mol. The summed E-state index contributed by atoms with van der Waals surface area (Å²) in [5.41, 5.74) is 5.57. The summed E-state index contributed by atoms with van der Waals surface area (Å²) in [5, 5.41) is 12.3. The first-order valence-corrected chi connectivity index (χ1v) is 6.51. The first-order valence-electron chi connectivity index (χ1n) is 5.88. The largest absolute Gasteiger partial charge is 0.481 e. The van der Waals surface area contributed by atoms with Crippen LogP contribution in [-0.2, 0) is 4.79 Å². The molecule has 0 atom stereocenters. The lowest BCUT2D eigenvalue weighted by atomic mass is 9.70. The summed E-state index contributed by atoms with van der Waals surface area (Å²) in [5.74, 6) is 0.112. The van der Waals surface area contributed by atoms with Crippen molar-refractivity contribution >= 4 is 18.6 Å². The molecule has 4 N–H and O–H groups in total. The number of hydrogen-bond donors (Lipinski definition) is 4. The third-order valence-corrected chi connectivity index (χ3v) is 3.77. The van der Waals surface area contributed by atoms with Gasteiger partial charge in [-0.25, -0.2) is 0 Å². The van der Waals surface area contributed by atoms with Crippen molar-refractivity contribution < 1.29 is 9.90 Å². The Bertz CT molecular complexity index is 228. The van der Waals surface area contributed by atoms with E-state index in [-0.39, 0.29) is 11.8 Å². The molecular formula is C11H22N2O2S. The van der Waals surface area contributed by atoms with Gasteiger partial charge in [0.1, 0.15) is 0 Å². The van der Waals surface area contributed by atoms with Crippen molar-refractivity contribution in [3.05, 3.63) is 0 Å². The second-order valence-corrected chi connectivity index (χ2v) is 5.17. The van der Waals surface area contributed by atoms with E-state index in [1.807, 2.05) is 0 Å². The molecule has 0 amide bonds. The quantitative estimate of drug-likeness (QED) is 0.525. The van der Waals surface area contributed by atoms with E-state index in [0.717, 1.165) is 38.0 Å². The molecule has 0 saturated heterocycles. The number of hydrogen-bond acceptors (Lipinski definition) is 4. The molecule has 0 radical (unpaired) electrons. The number of nitrogens with two attached hydrogens (primary N) is 1. The average molecular weight is 246 g/mol. The lowest BCUT2D eigenvalue weighted by Gasteiger charge is -2.38. The van der Waals surface area contributed by atoms with Gasteiger partial charge in [-0.05, 0) is 37.6 Å². The van der Waals surface area contributed by atoms with Crippen molar-refractivity contribution in [2.24, 2.45) is 11.1 Å². The van der Waals surface area contributed by atoms with Gasteiger partial charge in [-0.3, -0.25) is 4.79 Å². The van der Waals surface area contributed by atoms with E-state index in [9.17, 15) is 4.79 Å². The molecule has 1 fully saturated rings. The maximum atomic E-state index is 10.8. The highest BCUT2D eigenvalue weighted by molar-refractivity contribution is 7.80. The summed E-state index contributed by atoms with van der Waals surface area (Å²) in [6.07, 6.45) is 4.10. The summed E-state index contributed by atoms with van der Waals surface area (Å²) < 4.78 is 0. The highest BCUT2D eigenvalue weighted by atomic mass is 32.1. The lowest BCUT2D eigenvalue weighted by molar-refractivity contribution is -0.140. The van der Waals surface area contributed by atoms with Gasteiger partial charge >= 0.3 is 5.97 Å². The minimum absolute atomic E-state index is 0.162. The van der Waals surface area contributed by atoms with Crippen LogP contribution < -0.4 is 11.1 Å². The summed E-state index contributed by atoms with van der Waals surface area (Å²) >= 11 is 4.16. The zero-order valence-corrected chi connectivity index (χ0v) is 10.5. The first-order chi connectivity index (χ1) is 7.62. The lowest BCUT2D eigenvalue weighted by Crippen LogP contribution is -2.42. The van der Waals surface area contributed by atoms with Crippen LogP contribution in [0.5, 0.6) is 0 Å². The minimum atomic E-state index is -0.729. The summed E-state index contributed by atoms with van der Waals surface area (Å²) in [6, 6.07) is 0.514. The molecule has 0 aliphatic heterocycles. The molecule has 0 unspecified atom stereocenters. The zero-order chi connectivity index (χ0) is 12.0. The van der Waals surface area contributed by atoms with E-state index in [4.69, 9.17) is 10.8 Å². The topological polar surface area (TPSA) is 75.4 Å². The second kappa shape index (κ2) is 6.47. The Hall–Kier alpha value is -0.260. The van der Waals surface area contributed by atoms with Crippen molar-refractivity contribution in [3.8, 4) is 0 Å². The Balaban J connectivity index is 2.40. The van der Waals surface area contributed by atoms with Crippen LogP contribution in [0.3, 0.4) is 0 Å². The maximum Gasteiger partial charge on any atom is 0.303 e. The molecule has 0 heterocycles. The number of carbonyl (C=O) groups is 1. The monoisotopic (exact) mass is 246 g/mol. The van der Waals surface area contributed by atoms with Gasteiger partial charge in [0.15, 0.2) is 0 Å². The van der Waals surface area contributed by atoms with E-state index < -0.39 is 5.97 Å². The van der Waals surface area contributed by atoms with E-state index >= 15 is 0 Å². The molecule has 94 valence electrons. The molecule has 0 aromatic heterocycles. The third kappa shape index (κ3) is 3.96. The molecule has 16 heavy (non-hydrogen) atoms.